The average Bonchev–Trinajstić information content (AvgIpc) is 2.42. The summed E-state index contributed by atoms with van der Waals surface area (Å²) >= 11 is 0. The average molecular weight is 283 g/mol. The van der Waals surface area contributed by atoms with Crippen LogP contribution in [0.5, 0.6) is 11.5 Å². The summed E-state index contributed by atoms with van der Waals surface area (Å²) in [6, 6.07) is 2.23. The fourth-order valence-electron chi connectivity index (χ4n) is 1.46. The van der Waals surface area contributed by atoms with Crippen LogP contribution in [0.2, 0.25) is 0 Å². The number of benzene rings is 1. The summed E-state index contributed by atoms with van der Waals surface area (Å²) in [4.78, 5) is 32.7. The van der Waals surface area contributed by atoms with Crippen LogP contribution < -0.4 is 20.5 Å². The Morgan fingerprint density at radius 3 is 2.30 bits per heavy atom. The highest BCUT2D eigenvalue weighted by Crippen LogP contribution is 2.34. The molecule has 1 rings (SSSR count). The molecule has 9 heteroatoms. The molecule has 0 fully saturated rings. The van der Waals surface area contributed by atoms with Gasteiger partial charge in [0.05, 0.1) is 31.8 Å². The van der Waals surface area contributed by atoms with E-state index in [1.165, 1.54) is 14.2 Å². The number of rotatable bonds is 6. The van der Waals surface area contributed by atoms with Crippen LogP contribution in [0.25, 0.3) is 0 Å². The van der Waals surface area contributed by atoms with Gasteiger partial charge in [-0.05, 0) is 0 Å². The third-order valence-corrected chi connectivity index (χ3v) is 2.37. The van der Waals surface area contributed by atoms with Crippen LogP contribution in [-0.4, -0.2) is 37.5 Å². The highest BCUT2D eigenvalue weighted by Gasteiger charge is 2.24. The lowest BCUT2D eigenvalue weighted by Crippen LogP contribution is -2.33. The molecule has 0 bridgehead atoms. The van der Waals surface area contributed by atoms with Crippen LogP contribution in [0.1, 0.15) is 10.4 Å². The molecule has 0 aliphatic heterocycles. The molecular formula is C11H13N3O6. The zero-order valence-electron chi connectivity index (χ0n) is 10.8. The summed E-state index contributed by atoms with van der Waals surface area (Å²) in [5.41, 5.74) is 4.16. The molecule has 3 N–H and O–H groups in total. The van der Waals surface area contributed by atoms with E-state index >= 15 is 0 Å². The Morgan fingerprint density at radius 2 is 1.85 bits per heavy atom. The number of nitrogens with zero attached hydrogens (tertiary/aromatic N) is 1. The van der Waals surface area contributed by atoms with Crippen molar-refractivity contribution in [2.45, 2.75) is 0 Å². The maximum atomic E-state index is 11.8. The normalized spacial score (nSPS) is 9.70. The van der Waals surface area contributed by atoms with Gasteiger partial charge in [-0.15, -0.1) is 0 Å². The molecule has 0 radical (unpaired) electrons. The van der Waals surface area contributed by atoms with Gasteiger partial charge < -0.3 is 20.5 Å². The molecule has 0 saturated heterocycles. The van der Waals surface area contributed by atoms with Crippen molar-refractivity contribution in [3.8, 4) is 11.5 Å². The van der Waals surface area contributed by atoms with Crippen LogP contribution in [0.4, 0.5) is 5.69 Å². The fourth-order valence-corrected chi connectivity index (χ4v) is 1.46. The van der Waals surface area contributed by atoms with E-state index in [-0.39, 0.29) is 17.1 Å². The zero-order valence-corrected chi connectivity index (χ0v) is 10.8. The van der Waals surface area contributed by atoms with Crippen molar-refractivity contribution in [2.75, 3.05) is 20.8 Å². The molecule has 0 unspecified atom stereocenters. The third-order valence-electron chi connectivity index (χ3n) is 2.37. The summed E-state index contributed by atoms with van der Waals surface area (Å²) in [6.07, 6.45) is 0. The van der Waals surface area contributed by atoms with Gasteiger partial charge in [0.2, 0.25) is 5.91 Å². The molecule has 0 spiro atoms. The number of primary amides is 1. The largest absolute Gasteiger partial charge is 0.493 e. The van der Waals surface area contributed by atoms with Crippen molar-refractivity contribution in [3.05, 3.63) is 27.8 Å². The number of nitrogens with one attached hydrogen (secondary N) is 1. The molecule has 1 aromatic rings. The lowest BCUT2D eigenvalue weighted by molar-refractivity contribution is -0.385. The number of nitro benzene ring substituents is 1. The van der Waals surface area contributed by atoms with Gasteiger partial charge >= 0.3 is 0 Å². The predicted molar refractivity (Wildman–Crippen MR) is 67.7 cm³/mol. The molecular weight excluding hydrogens is 270 g/mol. The quantitative estimate of drug-likeness (QED) is 0.549. The number of amides is 2. The minimum absolute atomic E-state index is 0.116. The minimum Gasteiger partial charge on any atom is -0.493 e. The van der Waals surface area contributed by atoms with Gasteiger partial charge in [-0.1, -0.05) is 0 Å². The molecule has 0 aliphatic carbocycles. The highest BCUT2D eigenvalue weighted by molar-refractivity contribution is 6.00. The highest BCUT2D eigenvalue weighted by atomic mass is 16.6. The fraction of sp³-hybridized carbons (Fsp3) is 0.273. The summed E-state index contributed by atoms with van der Waals surface area (Å²) in [6.45, 7) is -0.426. The first-order chi connectivity index (χ1) is 9.40. The predicted octanol–water partition coefficient (Wildman–Crippen LogP) is -0.173. The molecule has 9 nitrogen and oxygen atoms in total. The molecule has 0 aromatic heterocycles. The second-order valence-electron chi connectivity index (χ2n) is 3.63. The van der Waals surface area contributed by atoms with Crippen molar-refractivity contribution >= 4 is 17.5 Å². The first-order valence-corrected chi connectivity index (χ1v) is 5.37. The Kier molecular flexibility index (Phi) is 4.84. The Hall–Kier alpha value is -2.84. The van der Waals surface area contributed by atoms with E-state index in [9.17, 15) is 19.7 Å². The number of hydrogen-bond acceptors (Lipinski definition) is 6. The third kappa shape index (κ3) is 3.34. The molecule has 20 heavy (non-hydrogen) atoms. The molecule has 0 aliphatic rings. The van der Waals surface area contributed by atoms with E-state index in [1.54, 1.807) is 0 Å². The van der Waals surface area contributed by atoms with Crippen molar-refractivity contribution in [2.24, 2.45) is 5.73 Å². The van der Waals surface area contributed by atoms with Crippen molar-refractivity contribution in [1.29, 1.82) is 0 Å². The molecule has 0 saturated carbocycles. The minimum atomic E-state index is -0.809. The van der Waals surface area contributed by atoms with Crippen LogP contribution >= 0.6 is 0 Å². The molecule has 1 aromatic carbocycles. The van der Waals surface area contributed by atoms with Crippen LogP contribution in [0.3, 0.4) is 0 Å². The van der Waals surface area contributed by atoms with E-state index < -0.39 is 29.0 Å². The Bertz CT molecular complexity index is 557. The zero-order chi connectivity index (χ0) is 15.3. The summed E-state index contributed by atoms with van der Waals surface area (Å²) in [5, 5.41) is 13.1. The first-order valence-electron chi connectivity index (χ1n) is 5.37. The summed E-state index contributed by atoms with van der Waals surface area (Å²) < 4.78 is 9.89. The van der Waals surface area contributed by atoms with Crippen molar-refractivity contribution < 1.29 is 24.0 Å². The van der Waals surface area contributed by atoms with Crippen LogP contribution in [0, 0.1) is 10.1 Å². The van der Waals surface area contributed by atoms with E-state index in [1.807, 2.05) is 0 Å². The Balaban J connectivity index is 3.25. The standard InChI is InChI=1S/C11H13N3O6/c1-19-8-3-6(11(16)13-5-10(12)15)7(14(17)18)4-9(8)20-2/h3-4H,5H2,1-2H3,(H2,12,15)(H,13,16). The molecule has 0 atom stereocenters. The number of nitrogens with two attached hydrogens (primary N) is 1. The second kappa shape index (κ2) is 6.36. The Morgan fingerprint density at radius 1 is 1.30 bits per heavy atom. The first kappa shape index (κ1) is 15.2. The number of methoxy groups -OCH3 is 2. The van der Waals surface area contributed by atoms with E-state index in [0.717, 1.165) is 12.1 Å². The maximum absolute atomic E-state index is 11.8. The van der Waals surface area contributed by atoms with Gasteiger partial charge in [0.1, 0.15) is 5.56 Å². The maximum Gasteiger partial charge on any atom is 0.286 e. The van der Waals surface area contributed by atoms with Crippen LogP contribution in [0.15, 0.2) is 12.1 Å². The smallest absolute Gasteiger partial charge is 0.286 e. The summed E-state index contributed by atoms with van der Waals surface area (Å²) in [7, 11) is 2.64. The van der Waals surface area contributed by atoms with Crippen molar-refractivity contribution in [1.82, 2.24) is 5.32 Å². The van der Waals surface area contributed by atoms with E-state index in [0.29, 0.717) is 0 Å². The van der Waals surface area contributed by atoms with Gasteiger partial charge in [0.25, 0.3) is 11.6 Å². The monoisotopic (exact) mass is 283 g/mol. The van der Waals surface area contributed by atoms with Gasteiger partial charge in [0, 0.05) is 6.07 Å². The number of carbonyl (C=O) groups is 2. The molecule has 0 heterocycles. The SMILES string of the molecule is COc1cc(C(=O)NCC(N)=O)c([N+](=O)[O-])cc1OC. The lowest BCUT2D eigenvalue weighted by atomic mass is 10.1. The van der Waals surface area contributed by atoms with Gasteiger partial charge in [0.15, 0.2) is 11.5 Å². The molecule has 108 valence electrons. The lowest BCUT2D eigenvalue weighted by Gasteiger charge is -2.10. The van der Waals surface area contributed by atoms with E-state index in [2.05, 4.69) is 5.32 Å². The van der Waals surface area contributed by atoms with E-state index in [4.69, 9.17) is 15.2 Å². The number of ether oxygens (including phenoxy) is 2. The van der Waals surface area contributed by atoms with Crippen molar-refractivity contribution in [3.63, 3.8) is 0 Å². The van der Waals surface area contributed by atoms with Gasteiger partial charge in [-0.25, -0.2) is 0 Å². The number of nitro groups is 1. The Labute approximate surface area is 113 Å². The number of hydrogen-bond donors (Lipinski definition) is 2. The second-order valence-corrected chi connectivity index (χ2v) is 3.63. The summed E-state index contributed by atoms with van der Waals surface area (Å²) in [5.74, 6) is -1.30. The van der Waals surface area contributed by atoms with Gasteiger partial charge in [-0.2, -0.15) is 0 Å². The number of carbonyl (C=O) groups excluding carboxylic acids is 2. The molecule has 2 amide bonds. The van der Waals surface area contributed by atoms with Gasteiger partial charge in [-0.3, -0.25) is 19.7 Å². The topological polar surface area (TPSA) is 134 Å². The van der Waals surface area contributed by atoms with Crippen LogP contribution in [-0.2, 0) is 4.79 Å².